The number of nitrogens with zero attached hydrogens (tertiary/aromatic N) is 1. The van der Waals surface area contributed by atoms with E-state index >= 15 is 0 Å². The molecule has 3 unspecified atom stereocenters. The summed E-state index contributed by atoms with van der Waals surface area (Å²) in [5, 5.41) is 3.64. The third-order valence-electron chi connectivity index (χ3n) is 4.74. The molecule has 5 heteroatoms. The summed E-state index contributed by atoms with van der Waals surface area (Å²) in [5.74, 6) is 1.78. The van der Waals surface area contributed by atoms with Crippen LogP contribution in [0.25, 0.3) is 0 Å². The molecule has 0 aromatic rings. The molecule has 4 nitrogen and oxygen atoms in total. The second kappa shape index (κ2) is 5.96. The van der Waals surface area contributed by atoms with E-state index in [1.54, 1.807) is 0 Å². The van der Waals surface area contributed by atoms with Crippen LogP contribution < -0.4 is 5.32 Å². The van der Waals surface area contributed by atoms with Crippen molar-refractivity contribution in [1.29, 1.82) is 0 Å². The molecule has 2 saturated carbocycles. The maximum atomic E-state index is 12.7. The summed E-state index contributed by atoms with van der Waals surface area (Å²) >= 11 is 2.01. The predicted octanol–water partition coefficient (Wildman–Crippen LogP) is 1.79. The summed E-state index contributed by atoms with van der Waals surface area (Å²) in [6, 6.07) is 0.128. The first-order chi connectivity index (χ1) is 9.69. The first kappa shape index (κ1) is 14.2. The van der Waals surface area contributed by atoms with Crippen LogP contribution in [0.1, 0.15) is 45.4 Å². The molecule has 1 N–H and O–H groups in total. The second-order valence-electron chi connectivity index (χ2n) is 6.21. The van der Waals surface area contributed by atoms with E-state index < -0.39 is 0 Å². The average Bonchev–Trinajstić information content (AvgIpc) is 3.18. The van der Waals surface area contributed by atoms with Crippen molar-refractivity contribution in [2.75, 3.05) is 12.3 Å². The Morgan fingerprint density at radius 2 is 2.05 bits per heavy atom. The highest BCUT2D eigenvalue weighted by Gasteiger charge is 2.43. The fourth-order valence-electron chi connectivity index (χ4n) is 3.52. The lowest BCUT2D eigenvalue weighted by Gasteiger charge is -2.30. The topological polar surface area (TPSA) is 49.4 Å². The lowest BCUT2D eigenvalue weighted by Crippen LogP contribution is -2.49. The zero-order chi connectivity index (χ0) is 14.1. The number of carbonyl (C=O) groups excluding carboxylic acids is 2. The third-order valence-corrected chi connectivity index (χ3v) is 5.97. The Kier molecular flexibility index (Phi) is 4.24. The number of hydrogen-bond acceptors (Lipinski definition) is 3. The van der Waals surface area contributed by atoms with Gasteiger partial charge in [-0.3, -0.25) is 9.59 Å². The van der Waals surface area contributed by atoms with Crippen LogP contribution in [0, 0.1) is 5.92 Å². The zero-order valence-corrected chi connectivity index (χ0v) is 13.0. The Balaban J connectivity index is 1.68. The highest BCUT2D eigenvalue weighted by molar-refractivity contribution is 7.99. The summed E-state index contributed by atoms with van der Waals surface area (Å²) in [4.78, 5) is 26.6. The van der Waals surface area contributed by atoms with Crippen LogP contribution in [-0.4, -0.2) is 46.3 Å². The van der Waals surface area contributed by atoms with Crippen LogP contribution in [0.3, 0.4) is 0 Å². The Morgan fingerprint density at radius 3 is 2.75 bits per heavy atom. The van der Waals surface area contributed by atoms with Gasteiger partial charge in [-0.05, 0) is 43.8 Å². The van der Waals surface area contributed by atoms with Gasteiger partial charge in [0.2, 0.25) is 11.8 Å². The van der Waals surface area contributed by atoms with E-state index in [0.717, 1.165) is 31.4 Å². The van der Waals surface area contributed by atoms with Crippen molar-refractivity contribution in [3.63, 3.8) is 0 Å². The van der Waals surface area contributed by atoms with E-state index in [-0.39, 0.29) is 17.9 Å². The zero-order valence-electron chi connectivity index (χ0n) is 12.1. The molecule has 20 heavy (non-hydrogen) atoms. The monoisotopic (exact) mass is 296 g/mol. The van der Waals surface area contributed by atoms with Gasteiger partial charge in [-0.15, -0.1) is 0 Å². The van der Waals surface area contributed by atoms with E-state index in [0.29, 0.717) is 30.2 Å². The highest BCUT2D eigenvalue weighted by atomic mass is 32.2. The molecule has 0 spiro atoms. The number of amides is 2. The van der Waals surface area contributed by atoms with E-state index in [4.69, 9.17) is 0 Å². The van der Waals surface area contributed by atoms with Gasteiger partial charge >= 0.3 is 0 Å². The van der Waals surface area contributed by atoms with Crippen LogP contribution in [0.5, 0.6) is 0 Å². The van der Waals surface area contributed by atoms with Gasteiger partial charge in [-0.1, -0.05) is 6.92 Å². The minimum Gasteiger partial charge on any atom is -0.344 e. The molecule has 1 heterocycles. The number of nitrogens with one attached hydrogen (secondary N) is 1. The lowest BCUT2D eigenvalue weighted by atomic mass is 10.1. The molecule has 3 atom stereocenters. The van der Waals surface area contributed by atoms with E-state index in [9.17, 15) is 9.59 Å². The summed E-state index contributed by atoms with van der Waals surface area (Å²) < 4.78 is 0. The summed E-state index contributed by atoms with van der Waals surface area (Å²) in [6.45, 7) is 2.81. The smallest absolute Gasteiger partial charge is 0.245 e. The van der Waals surface area contributed by atoms with Gasteiger partial charge in [0, 0.05) is 24.3 Å². The van der Waals surface area contributed by atoms with Crippen LogP contribution in [0.15, 0.2) is 0 Å². The molecular weight excluding hydrogens is 272 g/mol. The van der Waals surface area contributed by atoms with Crippen molar-refractivity contribution in [2.24, 2.45) is 5.92 Å². The molecule has 1 saturated heterocycles. The van der Waals surface area contributed by atoms with Crippen LogP contribution in [0.4, 0.5) is 0 Å². The number of thioether (sulfide) groups is 1. The van der Waals surface area contributed by atoms with Gasteiger partial charge < -0.3 is 10.2 Å². The van der Waals surface area contributed by atoms with Crippen molar-refractivity contribution >= 4 is 23.6 Å². The van der Waals surface area contributed by atoms with Gasteiger partial charge in [-0.2, -0.15) is 11.8 Å². The molecule has 0 bridgehead atoms. The first-order valence-corrected chi connectivity index (χ1v) is 8.95. The molecule has 3 rings (SSSR count). The third kappa shape index (κ3) is 2.97. The average molecular weight is 296 g/mol. The van der Waals surface area contributed by atoms with Gasteiger partial charge in [0.25, 0.3) is 0 Å². The van der Waals surface area contributed by atoms with Crippen molar-refractivity contribution in [2.45, 2.75) is 62.8 Å². The quantitative estimate of drug-likeness (QED) is 0.860. The minimum atomic E-state index is -0.233. The van der Waals surface area contributed by atoms with E-state index in [1.165, 1.54) is 6.42 Å². The Bertz CT molecular complexity index is 397. The number of hydrogen-bond donors (Lipinski definition) is 1. The Hall–Kier alpha value is -0.710. The van der Waals surface area contributed by atoms with E-state index in [1.807, 2.05) is 16.7 Å². The molecule has 1 aliphatic heterocycles. The number of rotatable bonds is 4. The van der Waals surface area contributed by atoms with Gasteiger partial charge in [0.1, 0.15) is 6.04 Å². The van der Waals surface area contributed by atoms with E-state index in [2.05, 4.69) is 12.2 Å². The molecule has 2 amide bonds. The highest BCUT2D eigenvalue weighted by Crippen LogP contribution is 2.37. The van der Waals surface area contributed by atoms with Crippen molar-refractivity contribution < 1.29 is 9.59 Å². The van der Waals surface area contributed by atoms with Gasteiger partial charge in [0.15, 0.2) is 0 Å². The molecule has 0 radical (unpaired) electrons. The largest absolute Gasteiger partial charge is 0.344 e. The van der Waals surface area contributed by atoms with Crippen LogP contribution in [-0.2, 0) is 9.59 Å². The molecule has 3 fully saturated rings. The molecule has 0 aromatic carbocycles. The fourth-order valence-corrected chi connectivity index (χ4v) is 4.65. The normalized spacial score (nSPS) is 35.0. The second-order valence-corrected chi connectivity index (χ2v) is 7.79. The predicted molar refractivity (Wildman–Crippen MR) is 80.5 cm³/mol. The molecule has 2 aliphatic carbocycles. The molecule has 3 aliphatic rings. The summed E-state index contributed by atoms with van der Waals surface area (Å²) in [5.41, 5.74) is 0. The van der Waals surface area contributed by atoms with Crippen molar-refractivity contribution in [3.8, 4) is 0 Å². The molecule has 112 valence electrons. The van der Waals surface area contributed by atoms with Crippen molar-refractivity contribution in [3.05, 3.63) is 0 Å². The maximum absolute atomic E-state index is 12.7. The van der Waals surface area contributed by atoms with Gasteiger partial charge in [-0.25, -0.2) is 0 Å². The summed E-state index contributed by atoms with van der Waals surface area (Å²) in [6.07, 6.45) is 6.07. The van der Waals surface area contributed by atoms with Crippen molar-refractivity contribution in [1.82, 2.24) is 10.2 Å². The fraction of sp³-hybridized carbons (Fsp3) is 0.867. The molecular formula is C15H24N2O2S. The van der Waals surface area contributed by atoms with Crippen LogP contribution in [0.2, 0.25) is 0 Å². The molecule has 0 aromatic heterocycles. The summed E-state index contributed by atoms with van der Waals surface area (Å²) in [7, 11) is 0. The van der Waals surface area contributed by atoms with Crippen LogP contribution >= 0.6 is 11.8 Å². The maximum Gasteiger partial charge on any atom is 0.245 e. The SMILES string of the molecule is CCSC1CCC(N2CCC(=O)NC(C3CC3)C2=O)C1. The number of carbonyl (C=O) groups is 2. The van der Waals surface area contributed by atoms with Gasteiger partial charge in [0.05, 0.1) is 0 Å². The Labute approximate surface area is 125 Å². The lowest BCUT2D eigenvalue weighted by molar-refractivity contribution is -0.136. The first-order valence-electron chi connectivity index (χ1n) is 7.90. The standard InChI is InChI=1S/C15H24N2O2S/c1-2-20-12-6-5-11(9-12)17-8-7-13(18)16-14(15(17)19)10-3-4-10/h10-12,14H,2-9H2,1H3,(H,16,18). The minimum absolute atomic E-state index is 0.0511. The Morgan fingerprint density at radius 1 is 1.25 bits per heavy atom.